The molecule has 0 saturated carbocycles. The van der Waals surface area contributed by atoms with Gasteiger partial charge in [-0.3, -0.25) is 10.9 Å². The zero-order valence-corrected chi connectivity index (χ0v) is 6.03. The number of ether oxygens (including phenoxy) is 1. The Labute approximate surface area is 63.6 Å². The van der Waals surface area contributed by atoms with E-state index in [0.717, 1.165) is 5.23 Å². The number of nitrogens with two attached hydrogens (primary N) is 2. The van der Waals surface area contributed by atoms with E-state index in [-0.39, 0.29) is 0 Å². The van der Waals surface area contributed by atoms with E-state index in [4.69, 9.17) is 16.4 Å². The molecule has 0 bridgehead atoms. The van der Waals surface area contributed by atoms with E-state index < -0.39 is 0 Å². The molecule has 0 spiro atoms. The zero-order chi connectivity index (χ0) is 8.27. The van der Waals surface area contributed by atoms with Gasteiger partial charge in [0.05, 0.1) is 7.11 Å². The molecule has 11 heavy (non-hydrogen) atoms. The summed E-state index contributed by atoms with van der Waals surface area (Å²) in [6, 6.07) is 0. The molecular formula is C4H10N6O. The van der Waals surface area contributed by atoms with Gasteiger partial charge in [0.25, 0.3) is 0 Å². The molecular weight excluding hydrogens is 148 g/mol. The molecule has 0 atom stereocenters. The highest BCUT2D eigenvalue weighted by Crippen LogP contribution is 1.94. The second-order valence-corrected chi connectivity index (χ2v) is 1.82. The van der Waals surface area contributed by atoms with Crippen LogP contribution in [-0.2, 0) is 4.74 Å². The highest BCUT2D eigenvalue weighted by atomic mass is 16.5. The van der Waals surface area contributed by atoms with Crippen molar-refractivity contribution in [3.63, 3.8) is 0 Å². The molecule has 0 radical (unpaired) electrons. The summed E-state index contributed by atoms with van der Waals surface area (Å²) >= 11 is 0. The van der Waals surface area contributed by atoms with Gasteiger partial charge < -0.3 is 10.6 Å². The first kappa shape index (κ1) is 7.63. The van der Waals surface area contributed by atoms with Crippen LogP contribution in [0.2, 0.25) is 0 Å². The molecule has 0 aromatic carbocycles. The lowest BCUT2D eigenvalue weighted by Crippen LogP contribution is -2.57. The molecule has 1 rings (SSSR count). The predicted molar refractivity (Wildman–Crippen MR) is 39.0 cm³/mol. The van der Waals surface area contributed by atoms with Crippen LogP contribution in [-0.4, -0.2) is 18.2 Å². The van der Waals surface area contributed by atoms with Crippen LogP contribution in [0, 0.1) is 0 Å². The fourth-order valence-electron chi connectivity index (χ4n) is 0.630. The zero-order valence-electron chi connectivity index (χ0n) is 6.03. The van der Waals surface area contributed by atoms with Crippen molar-refractivity contribution in [2.24, 2.45) is 16.8 Å². The number of hydrazine groups is 3. The van der Waals surface area contributed by atoms with Crippen LogP contribution in [0.5, 0.6) is 0 Å². The van der Waals surface area contributed by atoms with Gasteiger partial charge in [0.15, 0.2) is 5.84 Å². The summed E-state index contributed by atoms with van der Waals surface area (Å²) in [5.74, 6) is 11.2. The summed E-state index contributed by atoms with van der Waals surface area (Å²) in [5.41, 5.74) is 5.23. The maximum absolute atomic E-state index is 5.32. The van der Waals surface area contributed by atoms with Crippen molar-refractivity contribution >= 4 is 5.84 Å². The fourth-order valence-corrected chi connectivity index (χ4v) is 0.630. The molecule has 62 valence electrons. The standard InChI is InChI=1S/C4H10N6O/c1-11-4-2-3(7-5)8-10(6)9-4/h2,9H,5-6H2,1H3,(H,7,8). The average molecular weight is 158 g/mol. The molecule has 0 saturated heterocycles. The minimum atomic E-state index is 0.420. The summed E-state index contributed by atoms with van der Waals surface area (Å²) in [6.45, 7) is 0. The van der Waals surface area contributed by atoms with Crippen molar-refractivity contribution < 1.29 is 4.74 Å². The molecule has 0 aromatic rings. The molecule has 7 heteroatoms. The minimum Gasteiger partial charge on any atom is -0.481 e. The second kappa shape index (κ2) is 3.08. The van der Waals surface area contributed by atoms with Crippen molar-refractivity contribution in [1.82, 2.24) is 16.1 Å². The van der Waals surface area contributed by atoms with Gasteiger partial charge >= 0.3 is 0 Å². The lowest BCUT2D eigenvalue weighted by Gasteiger charge is -2.24. The number of methoxy groups -OCH3 is 1. The first-order chi connectivity index (χ1) is 5.26. The van der Waals surface area contributed by atoms with E-state index in [0.29, 0.717) is 11.7 Å². The van der Waals surface area contributed by atoms with E-state index >= 15 is 0 Å². The normalized spacial score (nSPS) is 22.0. The average Bonchev–Trinajstić information content (AvgIpc) is 2.03. The minimum absolute atomic E-state index is 0.420. The van der Waals surface area contributed by atoms with Gasteiger partial charge in [-0.15, -0.1) is 0 Å². The van der Waals surface area contributed by atoms with Gasteiger partial charge in [0.1, 0.15) is 0 Å². The van der Waals surface area contributed by atoms with Crippen LogP contribution < -0.4 is 22.5 Å². The van der Waals surface area contributed by atoms with Crippen LogP contribution in [0.4, 0.5) is 0 Å². The van der Waals surface area contributed by atoms with Crippen molar-refractivity contribution in [1.29, 1.82) is 0 Å². The van der Waals surface area contributed by atoms with Crippen LogP contribution >= 0.6 is 0 Å². The molecule has 1 aliphatic heterocycles. The molecule has 6 N–H and O–H groups in total. The van der Waals surface area contributed by atoms with E-state index in [1.165, 1.54) is 7.11 Å². The quantitative estimate of drug-likeness (QED) is 0.259. The van der Waals surface area contributed by atoms with Crippen LogP contribution in [0.25, 0.3) is 0 Å². The van der Waals surface area contributed by atoms with Crippen molar-refractivity contribution in [2.75, 3.05) is 7.11 Å². The lowest BCUT2D eigenvalue weighted by molar-refractivity contribution is 0.109. The van der Waals surface area contributed by atoms with E-state index in [1.54, 1.807) is 6.08 Å². The highest BCUT2D eigenvalue weighted by Gasteiger charge is 2.10. The molecule has 1 aliphatic rings. The third-order valence-electron chi connectivity index (χ3n) is 1.09. The smallest absolute Gasteiger partial charge is 0.207 e. The SMILES string of the molecule is COC1=CC(=NN)NN(N)N1. The summed E-state index contributed by atoms with van der Waals surface area (Å²) in [5, 5.41) is 4.47. The fraction of sp³-hybridized carbons (Fsp3) is 0.250. The van der Waals surface area contributed by atoms with Crippen molar-refractivity contribution in [3.8, 4) is 0 Å². The summed E-state index contributed by atoms with van der Waals surface area (Å²) < 4.78 is 4.85. The number of nitrogens with zero attached hydrogens (tertiary/aromatic N) is 2. The van der Waals surface area contributed by atoms with Gasteiger partial charge in [0, 0.05) is 6.08 Å². The Morgan fingerprint density at radius 2 is 2.36 bits per heavy atom. The Bertz CT molecular complexity index is 199. The Balaban J connectivity index is 2.73. The predicted octanol–water partition coefficient (Wildman–Crippen LogP) is -2.06. The molecule has 0 amide bonds. The first-order valence-electron chi connectivity index (χ1n) is 2.88. The van der Waals surface area contributed by atoms with E-state index in [1.807, 2.05) is 0 Å². The van der Waals surface area contributed by atoms with Crippen molar-refractivity contribution in [2.45, 2.75) is 0 Å². The largest absolute Gasteiger partial charge is 0.481 e. The van der Waals surface area contributed by atoms with Crippen LogP contribution in [0.15, 0.2) is 17.1 Å². The molecule has 1 heterocycles. The molecule has 7 nitrogen and oxygen atoms in total. The van der Waals surface area contributed by atoms with Crippen molar-refractivity contribution in [3.05, 3.63) is 12.0 Å². The van der Waals surface area contributed by atoms with Gasteiger partial charge in [0.2, 0.25) is 5.88 Å². The molecule has 0 fully saturated rings. The summed E-state index contributed by atoms with van der Waals surface area (Å²) in [6.07, 6.45) is 1.57. The van der Waals surface area contributed by atoms with Gasteiger partial charge in [-0.25, -0.2) is 5.84 Å². The topological polar surface area (TPSA) is 101 Å². The molecule has 0 unspecified atom stereocenters. The van der Waals surface area contributed by atoms with E-state index in [9.17, 15) is 0 Å². The summed E-state index contributed by atoms with van der Waals surface area (Å²) in [4.78, 5) is 0. The molecule has 0 aromatic heterocycles. The third kappa shape index (κ3) is 1.72. The van der Waals surface area contributed by atoms with Gasteiger partial charge in [-0.05, 0) is 0 Å². The number of rotatable bonds is 1. The Kier molecular flexibility index (Phi) is 2.14. The van der Waals surface area contributed by atoms with Crippen LogP contribution in [0.1, 0.15) is 0 Å². The number of nitrogens with one attached hydrogen (secondary N) is 2. The molecule has 0 aliphatic carbocycles. The maximum Gasteiger partial charge on any atom is 0.207 e. The second-order valence-electron chi connectivity index (χ2n) is 1.82. The van der Waals surface area contributed by atoms with Crippen LogP contribution in [0.3, 0.4) is 0 Å². The lowest BCUT2D eigenvalue weighted by atomic mass is 10.5. The Hall–Kier alpha value is -1.47. The number of amidine groups is 1. The Morgan fingerprint density at radius 3 is 2.91 bits per heavy atom. The number of hydrogen-bond acceptors (Lipinski definition) is 6. The van der Waals surface area contributed by atoms with Gasteiger partial charge in [-0.1, -0.05) is 5.23 Å². The third-order valence-corrected chi connectivity index (χ3v) is 1.09. The summed E-state index contributed by atoms with van der Waals surface area (Å²) in [7, 11) is 1.51. The number of hydrazone groups is 1. The highest BCUT2D eigenvalue weighted by molar-refractivity contribution is 5.93. The van der Waals surface area contributed by atoms with Gasteiger partial charge in [-0.2, -0.15) is 5.10 Å². The maximum atomic E-state index is 5.32. The monoisotopic (exact) mass is 158 g/mol. The Morgan fingerprint density at radius 1 is 1.64 bits per heavy atom. The van der Waals surface area contributed by atoms with E-state index in [2.05, 4.69) is 16.0 Å². The number of hydrogen-bond donors (Lipinski definition) is 4. The first-order valence-corrected chi connectivity index (χ1v) is 2.88.